The highest BCUT2D eigenvalue weighted by Gasteiger charge is 2.10. The summed E-state index contributed by atoms with van der Waals surface area (Å²) in [5.41, 5.74) is 2.90. The van der Waals surface area contributed by atoms with E-state index in [0.29, 0.717) is 17.4 Å². The van der Waals surface area contributed by atoms with E-state index < -0.39 is 0 Å². The number of rotatable bonds is 4. The Hall–Kier alpha value is -2.70. The van der Waals surface area contributed by atoms with Crippen LogP contribution in [-0.4, -0.2) is 15.0 Å². The lowest BCUT2D eigenvalue weighted by atomic mass is 10.2. The summed E-state index contributed by atoms with van der Waals surface area (Å²) in [6.45, 7) is 0.464. The summed E-state index contributed by atoms with van der Waals surface area (Å²) >= 11 is 7.67. The van der Waals surface area contributed by atoms with Crippen LogP contribution in [0, 0.1) is 0 Å². The average Bonchev–Trinajstić information content (AvgIpc) is 3.08. The van der Waals surface area contributed by atoms with Crippen molar-refractivity contribution in [3.05, 3.63) is 71.8 Å². The van der Waals surface area contributed by atoms with Crippen LogP contribution >= 0.6 is 22.9 Å². The van der Waals surface area contributed by atoms with Crippen molar-refractivity contribution < 1.29 is 0 Å². The van der Waals surface area contributed by atoms with E-state index in [2.05, 4.69) is 25.2 Å². The van der Waals surface area contributed by atoms with E-state index in [4.69, 9.17) is 11.6 Å². The highest BCUT2D eigenvalue weighted by molar-refractivity contribution is 7.22. The molecule has 4 aromatic rings. The van der Waals surface area contributed by atoms with Crippen molar-refractivity contribution in [3.63, 3.8) is 0 Å². The van der Waals surface area contributed by atoms with Gasteiger partial charge in [0.1, 0.15) is 6.33 Å². The van der Waals surface area contributed by atoms with Gasteiger partial charge in [0.25, 0.3) is 0 Å². The number of thiophene rings is 1. The largest absolute Gasteiger partial charge is 0.264 e. The Morgan fingerprint density at radius 3 is 2.88 bits per heavy atom. The molecule has 0 unspecified atom stereocenters. The zero-order chi connectivity index (χ0) is 17.1. The average molecular weight is 366 g/mol. The number of halogens is 1. The van der Waals surface area contributed by atoms with Gasteiger partial charge in [0.2, 0.25) is 0 Å². The maximum Gasteiger partial charge on any atom is 0.195 e. The molecule has 0 aliphatic carbocycles. The SMILES string of the molecule is Clc1cccc(-c2cc3ncnc(N=NCc4cccnc4)c3s2)c1. The van der Waals surface area contributed by atoms with Crippen molar-refractivity contribution >= 4 is 39.0 Å². The van der Waals surface area contributed by atoms with Gasteiger partial charge < -0.3 is 0 Å². The minimum absolute atomic E-state index is 0.464. The van der Waals surface area contributed by atoms with Crippen LogP contribution in [0.3, 0.4) is 0 Å². The zero-order valence-corrected chi connectivity index (χ0v) is 14.6. The Bertz CT molecular complexity index is 1050. The first-order valence-corrected chi connectivity index (χ1v) is 8.76. The molecule has 1 aromatic carbocycles. The Kier molecular flexibility index (Phi) is 4.45. The molecule has 0 amide bonds. The number of pyridine rings is 1. The maximum atomic E-state index is 6.09. The molecular formula is C18H12ClN5S. The molecule has 0 aliphatic rings. The van der Waals surface area contributed by atoms with Crippen LogP contribution in [0.1, 0.15) is 5.56 Å². The van der Waals surface area contributed by atoms with Crippen molar-refractivity contribution in [2.75, 3.05) is 0 Å². The summed E-state index contributed by atoms with van der Waals surface area (Å²) in [6.07, 6.45) is 5.02. The fourth-order valence-corrected chi connectivity index (χ4v) is 3.60. The Morgan fingerprint density at radius 2 is 2.04 bits per heavy atom. The topological polar surface area (TPSA) is 63.4 Å². The molecule has 0 atom stereocenters. The van der Waals surface area contributed by atoms with Crippen LogP contribution in [0.25, 0.3) is 20.7 Å². The molecule has 4 rings (SSSR count). The molecule has 7 heteroatoms. The van der Waals surface area contributed by atoms with Gasteiger partial charge in [-0.05, 0) is 35.4 Å². The third-order valence-corrected chi connectivity index (χ3v) is 4.95. The van der Waals surface area contributed by atoms with Crippen molar-refractivity contribution in [1.82, 2.24) is 15.0 Å². The zero-order valence-electron chi connectivity index (χ0n) is 13.0. The summed E-state index contributed by atoms with van der Waals surface area (Å²) in [4.78, 5) is 13.7. The van der Waals surface area contributed by atoms with Crippen LogP contribution in [0.2, 0.25) is 5.02 Å². The smallest absolute Gasteiger partial charge is 0.195 e. The van der Waals surface area contributed by atoms with Gasteiger partial charge in [-0.1, -0.05) is 29.8 Å². The van der Waals surface area contributed by atoms with Crippen LogP contribution in [0.5, 0.6) is 0 Å². The van der Waals surface area contributed by atoms with Crippen molar-refractivity contribution in [3.8, 4) is 10.4 Å². The third kappa shape index (κ3) is 3.55. The Balaban J connectivity index is 1.66. The number of nitrogens with zero attached hydrogens (tertiary/aromatic N) is 5. The third-order valence-electron chi connectivity index (χ3n) is 3.54. The first-order valence-electron chi connectivity index (χ1n) is 7.56. The van der Waals surface area contributed by atoms with Gasteiger partial charge in [-0.25, -0.2) is 9.97 Å². The number of fused-ring (bicyclic) bond motifs is 1. The maximum absolute atomic E-state index is 6.09. The molecule has 3 heterocycles. The van der Waals surface area contributed by atoms with Gasteiger partial charge in [-0.15, -0.1) is 16.5 Å². The van der Waals surface area contributed by atoms with Gasteiger partial charge in [0.05, 0.1) is 16.8 Å². The monoisotopic (exact) mass is 365 g/mol. The van der Waals surface area contributed by atoms with Gasteiger partial charge in [0.15, 0.2) is 5.82 Å². The van der Waals surface area contributed by atoms with Gasteiger partial charge in [0, 0.05) is 22.3 Å². The molecule has 25 heavy (non-hydrogen) atoms. The second kappa shape index (κ2) is 7.04. The van der Waals surface area contributed by atoms with E-state index in [1.807, 2.05) is 42.5 Å². The lowest BCUT2D eigenvalue weighted by Crippen LogP contribution is -1.81. The molecule has 0 saturated heterocycles. The highest BCUT2D eigenvalue weighted by Crippen LogP contribution is 2.37. The fourth-order valence-electron chi connectivity index (χ4n) is 2.37. The molecular weight excluding hydrogens is 354 g/mol. The second-order valence-corrected chi connectivity index (χ2v) is 6.78. The van der Waals surface area contributed by atoms with E-state index in [1.54, 1.807) is 23.7 Å². The quantitative estimate of drug-likeness (QED) is 0.436. The van der Waals surface area contributed by atoms with Crippen LogP contribution < -0.4 is 0 Å². The summed E-state index contributed by atoms with van der Waals surface area (Å²) < 4.78 is 0.910. The minimum Gasteiger partial charge on any atom is -0.264 e. The molecule has 3 aromatic heterocycles. The van der Waals surface area contributed by atoms with E-state index in [-0.39, 0.29) is 0 Å². The molecule has 0 fully saturated rings. The summed E-state index contributed by atoms with van der Waals surface area (Å²) in [7, 11) is 0. The number of hydrogen-bond donors (Lipinski definition) is 0. The van der Waals surface area contributed by atoms with Crippen molar-refractivity contribution in [2.24, 2.45) is 10.2 Å². The Morgan fingerprint density at radius 1 is 1.08 bits per heavy atom. The molecule has 0 spiro atoms. The van der Waals surface area contributed by atoms with Crippen LogP contribution in [0.4, 0.5) is 5.82 Å². The predicted octanol–water partition coefficient (Wildman–Crippen LogP) is 5.69. The summed E-state index contributed by atoms with van der Waals surface area (Å²) in [5, 5.41) is 9.23. The van der Waals surface area contributed by atoms with Crippen LogP contribution in [-0.2, 0) is 6.54 Å². The lowest BCUT2D eigenvalue weighted by molar-refractivity contribution is 0.939. The lowest BCUT2D eigenvalue weighted by Gasteiger charge is -1.96. The van der Waals surface area contributed by atoms with E-state index in [9.17, 15) is 0 Å². The molecule has 122 valence electrons. The minimum atomic E-state index is 0.464. The standard InChI is InChI=1S/C18H12ClN5S/c19-14-5-1-4-13(7-14)16-8-15-17(25-16)18(22-11-21-15)24-23-10-12-3-2-6-20-9-12/h1-9,11H,10H2. The molecule has 0 radical (unpaired) electrons. The highest BCUT2D eigenvalue weighted by atomic mass is 35.5. The number of aromatic nitrogens is 3. The predicted molar refractivity (Wildman–Crippen MR) is 100 cm³/mol. The van der Waals surface area contributed by atoms with E-state index >= 15 is 0 Å². The molecule has 0 aliphatic heterocycles. The molecule has 0 saturated carbocycles. The normalized spacial score (nSPS) is 11.4. The first-order chi connectivity index (χ1) is 12.3. The first kappa shape index (κ1) is 15.8. The Labute approximate surface area is 153 Å². The number of azo groups is 1. The van der Waals surface area contributed by atoms with Crippen LogP contribution in [0.15, 0.2) is 71.4 Å². The van der Waals surface area contributed by atoms with Gasteiger partial charge >= 0.3 is 0 Å². The van der Waals surface area contributed by atoms with Crippen molar-refractivity contribution in [1.29, 1.82) is 0 Å². The van der Waals surface area contributed by atoms with Gasteiger partial charge in [-0.3, -0.25) is 4.98 Å². The van der Waals surface area contributed by atoms with E-state index in [1.165, 1.54) is 6.33 Å². The molecule has 5 nitrogen and oxygen atoms in total. The molecule has 0 bridgehead atoms. The van der Waals surface area contributed by atoms with Crippen molar-refractivity contribution in [2.45, 2.75) is 6.54 Å². The van der Waals surface area contributed by atoms with E-state index in [0.717, 1.165) is 26.2 Å². The van der Waals surface area contributed by atoms with Gasteiger partial charge in [-0.2, -0.15) is 5.11 Å². The number of hydrogen-bond acceptors (Lipinski definition) is 6. The fraction of sp³-hybridized carbons (Fsp3) is 0.0556. The molecule has 0 N–H and O–H groups in total. The summed E-state index contributed by atoms with van der Waals surface area (Å²) in [5.74, 6) is 0.576. The number of benzene rings is 1. The summed E-state index contributed by atoms with van der Waals surface area (Å²) in [6, 6.07) is 13.6. The second-order valence-electron chi connectivity index (χ2n) is 5.29.